The number of anilines is 1. The average molecular weight is 397 g/mol. The van der Waals surface area contributed by atoms with Crippen molar-refractivity contribution >= 4 is 33.4 Å². The number of nitrogens with zero attached hydrogens (tertiary/aromatic N) is 1. The molecule has 0 saturated heterocycles. The molecule has 1 N–H and O–H groups in total. The maximum absolute atomic E-state index is 12.4. The number of thioether (sulfide) groups is 1. The van der Waals surface area contributed by atoms with Gasteiger partial charge < -0.3 is 9.73 Å². The smallest absolute Gasteiger partial charge is 0.243 e. The zero-order valence-electron chi connectivity index (χ0n) is 15.1. The first-order chi connectivity index (χ1) is 12.3. The minimum Gasteiger partial charge on any atom is -0.468 e. The molecule has 0 radical (unpaired) electrons. The van der Waals surface area contributed by atoms with Crippen LogP contribution in [0.2, 0.25) is 0 Å². The summed E-state index contributed by atoms with van der Waals surface area (Å²) < 4.78 is 30.8. The molecule has 2 aromatic rings. The highest BCUT2D eigenvalue weighted by molar-refractivity contribution is 7.98. The quantitative estimate of drug-likeness (QED) is 0.660. The van der Waals surface area contributed by atoms with Gasteiger partial charge in [0.2, 0.25) is 15.9 Å². The van der Waals surface area contributed by atoms with Gasteiger partial charge in [-0.15, -0.1) is 0 Å². The Balaban J connectivity index is 1.91. The zero-order chi connectivity index (χ0) is 19.2. The van der Waals surface area contributed by atoms with E-state index >= 15 is 0 Å². The maximum Gasteiger partial charge on any atom is 0.243 e. The van der Waals surface area contributed by atoms with Crippen molar-refractivity contribution in [2.45, 2.75) is 25.6 Å². The van der Waals surface area contributed by atoms with Crippen molar-refractivity contribution in [2.24, 2.45) is 0 Å². The standard InChI is InChI=1S/C18H24N2O4S2/c1-14-6-8-16(9-7-14)20(26(3,22)23)15(2)18(21)19-10-12-25-13-17-5-4-11-24-17/h4-9,11,15H,10,12-13H2,1-3H3,(H,19,21)/t15-/m0/s1. The second kappa shape index (κ2) is 9.14. The molecule has 26 heavy (non-hydrogen) atoms. The number of furan rings is 1. The van der Waals surface area contributed by atoms with Crippen LogP contribution in [0.4, 0.5) is 5.69 Å². The Morgan fingerprint density at radius 1 is 1.27 bits per heavy atom. The second-order valence-electron chi connectivity index (χ2n) is 5.99. The first-order valence-electron chi connectivity index (χ1n) is 8.23. The van der Waals surface area contributed by atoms with Crippen LogP contribution < -0.4 is 9.62 Å². The molecule has 142 valence electrons. The van der Waals surface area contributed by atoms with E-state index in [2.05, 4.69) is 5.32 Å². The van der Waals surface area contributed by atoms with Crippen LogP contribution in [0.1, 0.15) is 18.2 Å². The molecule has 1 heterocycles. The highest BCUT2D eigenvalue weighted by Gasteiger charge is 2.28. The van der Waals surface area contributed by atoms with Gasteiger partial charge in [-0.05, 0) is 38.1 Å². The van der Waals surface area contributed by atoms with Crippen LogP contribution in [-0.2, 0) is 20.6 Å². The van der Waals surface area contributed by atoms with Gasteiger partial charge in [0.25, 0.3) is 0 Å². The minimum absolute atomic E-state index is 0.324. The molecular formula is C18H24N2O4S2. The zero-order valence-corrected chi connectivity index (χ0v) is 16.8. The first kappa shape index (κ1) is 20.4. The molecule has 1 atom stereocenters. The van der Waals surface area contributed by atoms with Gasteiger partial charge >= 0.3 is 0 Å². The Kier molecular flexibility index (Phi) is 7.16. The third-order valence-electron chi connectivity index (χ3n) is 3.75. The van der Waals surface area contributed by atoms with Gasteiger partial charge in [0.15, 0.2) is 0 Å². The van der Waals surface area contributed by atoms with Gasteiger partial charge in [0.1, 0.15) is 11.8 Å². The second-order valence-corrected chi connectivity index (χ2v) is 8.96. The summed E-state index contributed by atoms with van der Waals surface area (Å²) in [6.45, 7) is 3.97. The lowest BCUT2D eigenvalue weighted by atomic mass is 10.2. The van der Waals surface area contributed by atoms with Crippen LogP contribution in [-0.4, -0.2) is 38.9 Å². The van der Waals surface area contributed by atoms with Gasteiger partial charge in [0, 0.05) is 12.3 Å². The highest BCUT2D eigenvalue weighted by atomic mass is 32.2. The van der Waals surface area contributed by atoms with Crippen molar-refractivity contribution in [2.75, 3.05) is 22.9 Å². The summed E-state index contributed by atoms with van der Waals surface area (Å²) in [4.78, 5) is 12.4. The van der Waals surface area contributed by atoms with Crippen LogP contribution in [0, 0.1) is 6.92 Å². The fraction of sp³-hybridized carbons (Fsp3) is 0.389. The fourth-order valence-electron chi connectivity index (χ4n) is 2.46. The molecule has 0 aliphatic rings. The summed E-state index contributed by atoms with van der Waals surface area (Å²) in [7, 11) is -3.59. The molecule has 0 fully saturated rings. The number of benzene rings is 1. The molecule has 6 nitrogen and oxygen atoms in total. The number of carbonyl (C=O) groups is 1. The average Bonchev–Trinajstić information content (AvgIpc) is 3.08. The lowest BCUT2D eigenvalue weighted by molar-refractivity contribution is -0.121. The lowest BCUT2D eigenvalue weighted by Gasteiger charge is -2.28. The van der Waals surface area contributed by atoms with E-state index in [-0.39, 0.29) is 5.91 Å². The third-order valence-corrected chi connectivity index (χ3v) is 5.97. The van der Waals surface area contributed by atoms with E-state index in [0.29, 0.717) is 18.0 Å². The Labute approximate surface area is 159 Å². The Bertz CT molecular complexity index is 802. The van der Waals surface area contributed by atoms with Crippen LogP contribution in [0.3, 0.4) is 0 Å². The predicted octanol–water partition coefficient (Wildman–Crippen LogP) is 2.79. The number of hydrogen-bond acceptors (Lipinski definition) is 5. The number of rotatable bonds is 9. The minimum atomic E-state index is -3.59. The number of carbonyl (C=O) groups excluding carboxylic acids is 1. The third kappa shape index (κ3) is 5.81. The summed E-state index contributed by atoms with van der Waals surface area (Å²) in [6, 6.07) is 9.97. The summed E-state index contributed by atoms with van der Waals surface area (Å²) in [5.74, 6) is 2.01. The highest BCUT2D eigenvalue weighted by Crippen LogP contribution is 2.21. The fourth-order valence-corrected chi connectivity index (χ4v) is 4.39. The number of amides is 1. The van der Waals surface area contributed by atoms with Gasteiger partial charge in [-0.25, -0.2) is 8.42 Å². The van der Waals surface area contributed by atoms with E-state index in [1.54, 1.807) is 37.1 Å². The van der Waals surface area contributed by atoms with Crippen LogP contribution in [0.25, 0.3) is 0 Å². The molecule has 0 spiro atoms. The van der Waals surface area contributed by atoms with Crippen LogP contribution in [0.5, 0.6) is 0 Å². The SMILES string of the molecule is Cc1ccc(N([C@@H](C)C(=O)NCCSCc2ccco2)S(C)(=O)=O)cc1. The van der Waals surface area contributed by atoms with E-state index in [1.807, 2.05) is 31.2 Å². The van der Waals surface area contributed by atoms with Gasteiger partial charge in [-0.1, -0.05) is 17.7 Å². The normalized spacial score (nSPS) is 12.6. The monoisotopic (exact) mass is 396 g/mol. The Morgan fingerprint density at radius 3 is 2.54 bits per heavy atom. The van der Waals surface area contributed by atoms with Crippen LogP contribution >= 0.6 is 11.8 Å². The van der Waals surface area contributed by atoms with E-state index < -0.39 is 16.1 Å². The summed E-state index contributed by atoms with van der Waals surface area (Å²) in [6.07, 6.45) is 2.74. The van der Waals surface area contributed by atoms with Gasteiger partial charge in [-0.3, -0.25) is 9.10 Å². The molecule has 0 bridgehead atoms. The van der Waals surface area contributed by atoms with Crippen molar-refractivity contribution in [3.05, 3.63) is 54.0 Å². The molecule has 0 unspecified atom stereocenters. The van der Waals surface area contributed by atoms with E-state index in [0.717, 1.165) is 27.6 Å². The van der Waals surface area contributed by atoms with E-state index in [1.165, 1.54) is 0 Å². The summed E-state index contributed by atoms with van der Waals surface area (Å²) in [5.41, 5.74) is 1.50. The van der Waals surface area contributed by atoms with Crippen molar-refractivity contribution in [3.8, 4) is 0 Å². The predicted molar refractivity (Wildman–Crippen MR) is 106 cm³/mol. The van der Waals surface area contributed by atoms with Crippen LogP contribution in [0.15, 0.2) is 47.1 Å². The van der Waals surface area contributed by atoms with Crippen molar-refractivity contribution in [1.82, 2.24) is 5.32 Å². The van der Waals surface area contributed by atoms with E-state index in [4.69, 9.17) is 4.42 Å². The number of hydrogen-bond donors (Lipinski definition) is 1. The topological polar surface area (TPSA) is 79.6 Å². The summed E-state index contributed by atoms with van der Waals surface area (Å²) >= 11 is 1.64. The lowest BCUT2D eigenvalue weighted by Crippen LogP contribution is -2.48. The molecule has 1 amide bonds. The molecule has 0 aliphatic heterocycles. The van der Waals surface area contributed by atoms with Gasteiger partial charge in [-0.2, -0.15) is 11.8 Å². The van der Waals surface area contributed by atoms with Gasteiger partial charge in [0.05, 0.1) is 24.0 Å². The molecule has 0 aliphatic carbocycles. The maximum atomic E-state index is 12.4. The molecular weight excluding hydrogens is 372 g/mol. The van der Waals surface area contributed by atoms with Crippen molar-refractivity contribution in [3.63, 3.8) is 0 Å². The Hall–Kier alpha value is -1.93. The number of aryl methyl sites for hydroxylation is 1. The number of nitrogens with one attached hydrogen (secondary N) is 1. The molecule has 2 rings (SSSR count). The molecule has 1 aromatic carbocycles. The molecule has 1 aromatic heterocycles. The molecule has 0 saturated carbocycles. The number of sulfonamides is 1. The largest absolute Gasteiger partial charge is 0.468 e. The summed E-state index contributed by atoms with van der Waals surface area (Å²) in [5, 5.41) is 2.80. The molecule has 8 heteroatoms. The first-order valence-corrected chi connectivity index (χ1v) is 11.2. The van der Waals surface area contributed by atoms with E-state index in [9.17, 15) is 13.2 Å². The van der Waals surface area contributed by atoms with Crippen molar-refractivity contribution in [1.29, 1.82) is 0 Å². The van der Waals surface area contributed by atoms with Crippen molar-refractivity contribution < 1.29 is 17.6 Å². The Morgan fingerprint density at radius 2 is 1.96 bits per heavy atom.